The maximum absolute atomic E-state index is 5.27. The summed E-state index contributed by atoms with van der Waals surface area (Å²) in [5.74, 6) is 0.767. The molecule has 0 nitrogen and oxygen atoms in total. The molecule has 0 aromatic heterocycles. The lowest BCUT2D eigenvalue weighted by Gasteiger charge is -1.77. The molecular formula is C3H6ClSi. The highest BCUT2D eigenvalue weighted by Crippen LogP contribution is 1.84. The van der Waals surface area contributed by atoms with Crippen LogP contribution in [0.3, 0.4) is 0 Å². The van der Waals surface area contributed by atoms with Crippen LogP contribution >= 0.6 is 11.6 Å². The first-order valence-corrected chi connectivity index (χ1v) is 2.86. The molecule has 0 saturated carbocycles. The SMILES string of the molecule is [Si]CCCCl. The van der Waals surface area contributed by atoms with Crippen LogP contribution in [-0.4, -0.2) is 16.1 Å². The van der Waals surface area contributed by atoms with Gasteiger partial charge in [0.1, 0.15) is 0 Å². The minimum absolute atomic E-state index is 0.767. The summed E-state index contributed by atoms with van der Waals surface area (Å²) in [4.78, 5) is 0. The Morgan fingerprint density at radius 2 is 2.20 bits per heavy atom. The van der Waals surface area contributed by atoms with Crippen LogP contribution < -0.4 is 0 Å². The molecule has 0 saturated heterocycles. The van der Waals surface area contributed by atoms with Crippen molar-refractivity contribution in [1.29, 1.82) is 0 Å². The van der Waals surface area contributed by atoms with E-state index in [1.54, 1.807) is 0 Å². The fraction of sp³-hybridized carbons (Fsp3) is 1.00. The minimum atomic E-state index is 0.767. The predicted molar refractivity (Wildman–Crippen MR) is 25.9 cm³/mol. The third-order valence-corrected chi connectivity index (χ3v) is 0.931. The van der Waals surface area contributed by atoms with Crippen LogP contribution in [0.25, 0.3) is 0 Å². The van der Waals surface area contributed by atoms with Crippen LogP contribution in [-0.2, 0) is 0 Å². The number of rotatable bonds is 2. The Bertz CT molecular complexity index is 14.4. The summed E-state index contributed by atoms with van der Waals surface area (Å²) in [5, 5.41) is 0. The van der Waals surface area contributed by atoms with Crippen LogP contribution in [0, 0.1) is 0 Å². The first kappa shape index (κ1) is 5.51. The van der Waals surface area contributed by atoms with Crippen molar-refractivity contribution in [2.75, 3.05) is 5.88 Å². The van der Waals surface area contributed by atoms with Crippen molar-refractivity contribution in [3.8, 4) is 0 Å². The maximum atomic E-state index is 5.27. The molecule has 0 atom stereocenters. The van der Waals surface area contributed by atoms with Crippen LogP contribution in [0.15, 0.2) is 0 Å². The predicted octanol–water partition coefficient (Wildman–Crippen LogP) is 1.20. The zero-order valence-electron chi connectivity index (χ0n) is 3.00. The summed E-state index contributed by atoms with van der Waals surface area (Å²) in [5.41, 5.74) is 0. The number of hydrogen-bond acceptors (Lipinski definition) is 0. The lowest BCUT2D eigenvalue weighted by molar-refractivity contribution is 1.09. The Morgan fingerprint density at radius 1 is 1.60 bits per heavy atom. The molecule has 2 heteroatoms. The summed E-state index contributed by atoms with van der Waals surface area (Å²) < 4.78 is 0. The van der Waals surface area contributed by atoms with Gasteiger partial charge < -0.3 is 0 Å². The molecule has 0 aliphatic rings. The Morgan fingerprint density at radius 3 is 2.20 bits per heavy atom. The van der Waals surface area contributed by atoms with Gasteiger partial charge in [-0.25, -0.2) is 0 Å². The van der Waals surface area contributed by atoms with E-state index in [4.69, 9.17) is 11.6 Å². The number of alkyl halides is 1. The molecule has 0 N–H and O–H groups in total. The van der Waals surface area contributed by atoms with E-state index in [9.17, 15) is 0 Å². The summed E-state index contributed by atoms with van der Waals surface area (Å²) >= 11 is 5.27. The Labute approximate surface area is 40.9 Å². The van der Waals surface area contributed by atoms with Gasteiger partial charge in [-0.2, -0.15) is 0 Å². The van der Waals surface area contributed by atoms with Crippen LogP contribution in [0.2, 0.25) is 6.04 Å². The average molecular weight is 106 g/mol. The van der Waals surface area contributed by atoms with Gasteiger partial charge >= 0.3 is 0 Å². The smallest absolute Gasteiger partial charge is 0.0222 e. The monoisotopic (exact) mass is 105 g/mol. The Hall–Kier alpha value is 0.507. The second-order valence-electron chi connectivity index (χ2n) is 0.793. The van der Waals surface area contributed by atoms with E-state index < -0.39 is 0 Å². The van der Waals surface area contributed by atoms with E-state index in [-0.39, 0.29) is 0 Å². The van der Waals surface area contributed by atoms with Crippen molar-refractivity contribution in [2.24, 2.45) is 0 Å². The first-order valence-electron chi connectivity index (χ1n) is 1.62. The standard InChI is InChI=1S/C3H6ClSi/c4-2-1-3-5/h1-3H2. The minimum Gasteiger partial charge on any atom is -0.127 e. The van der Waals surface area contributed by atoms with Crippen LogP contribution in [0.1, 0.15) is 6.42 Å². The van der Waals surface area contributed by atoms with E-state index in [0.717, 1.165) is 18.3 Å². The molecule has 0 amide bonds. The second-order valence-corrected chi connectivity index (χ2v) is 1.67. The molecule has 0 rings (SSSR count). The molecule has 0 aromatic rings. The van der Waals surface area contributed by atoms with Gasteiger partial charge in [-0.15, -0.1) is 11.6 Å². The molecular weight excluding hydrogens is 99.6 g/mol. The molecule has 5 heavy (non-hydrogen) atoms. The fourth-order valence-electron chi connectivity index (χ4n) is 0.0668. The summed E-state index contributed by atoms with van der Waals surface area (Å²) in [6, 6.07) is 1.02. The first-order chi connectivity index (χ1) is 2.41. The maximum Gasteiger partial charge on any atom is 0.0222 e. The van der Waals surface area contributed by atoms with Gasteiger partial charge in [0.15, 0.2) is 0 Å². The third kappa shape index (κ3) is 4.51. The molecule has 0 bridgehead atoms. The van der Waals surface area contributed by atoms with E-state index >= 15 is 0 Å². The largest absolute Gasteiger partial charge is 0.127 e. The number of hydrogen-bond donors (Lipinski definition) is 0. The van der Waals surface area contributed by atoms with E-state index in [2.05, 4.69) is 10.2 Å². The fourth-order valence-corrected chi connectivity index (χ4v) is 0.601. The van der Waals surface area contributed by atoms with Crippen molar-refractivity contribution in [1.82, 2.24) is 0 Å². The third-order valence-electron chi connectivity index (χ3n) is 0.310. The lowest BCUT2D eigenvalue weighted by Crippen LogP contribution is -1.68. The van der Waals surface area contributed by atoms with Crippen molar-refractivity contribution >= 4 is 21.8 Å². The molecule has 0 heterocycles. The molecule has 29 valence electrons. The molecule has 3 radical (unpaired) electrons. The van der Waals surface area contributed by atoms with Gasteiger partial charge in [-0.05, 0) is 6.42 Å². The quantitative estimate of drug-likeness (QED) is 0.366. The molecule has 0 unspecified atom stereocenters. The van der Waals surface area contributed by atoms with Crippen LogP contribution in [0.5, 0.6) is 0 Å². The zero-order valence-corrected chi connectivity index (χ0v) is 4.76. The zero-order chi connectivity index (χ0) is 4.12. The molecule has 0 aliphatic heterocycles. The molecule has 0 aliphatic carbocycles. The lowest BCUT2D eigenvalue weighted by atomic mass is 10.6. The highest BCUT2D eigenvalue weighted by atomic mass is 35.5. The summed E-state index contributed by atoms with van der Waals surface area (Å²) in [6.07, 6.45) is 1.07. The van der Waals surface area contributed by atoms with Gasteiger partial charge in [0.2, 0.25) is 0 Å². The molecule has 0 fully saturated rings. The van der Waals surface area contributed by atoms with E-state index in [1.165, 1.54) is 0 Å². The second kappa shape index (κ2) is 4.51. The number of halogens is 1. The topological polar surface area (TPSA) is 0 Å². The summed E-state index contributed by atoms with van der Waals surface area (Å²) in [7, 11) is 3.27. The van der Waals surface area contributed by atoms with Crippen LogP contribution in [0.4, 0.5) is 0 Å². The highest BCUT2D eigenvalue weighted by molar-refractivity contribution is 6.18. The molecule has 0 spiro atoms. The van der Waals surface area contributed by atoms with Crippen molar-refractivity contribution < 1.29 is 0 Å². The van der Waals surface area contributed by atoms with Gasteiger partial charge in [-0.3, -0.25) is 0 Å². The average Bonchev–Trinajstić information content (AvgIpc) is 1.41. The van der Waals surface area contributed by atoms with Gasteiger partial charge in [0, 0.05) is 16.1 Å². The van der Waals surface area contributed by atoms with Gasteiger partial charge in [-0.1, -0.05) is 6.04 Å². The van der Waals surface area contributed by atoms with Crippen molar-refractivity contribution in [3.63, 3.8) is 0 Å². The Kier molecular flexibility index (Phi) is 4.96. The highest BCUT2D eigenvalue weighted by Gasteiger charge is 1.70. The summed E-state index contributed by atoms with van der Waals surface area (Å²) in [6.45, 7) is 0. The Balaban J connectivity index is 2.19. The molecule has 0 aromatic carbocycles. The van der Waals surface area contributed by atoms with Gasteiger partial charge in [0.05, 0.1) is 0 Å². The van der Waals surface area contributed by atoms with Gasteiger partial charge in [0.25, 0.3) is 0 Å². The van der Waals surface area contributed by atoms with Crippen molar-refractivity contribution in [3.05, 3.63) is 0 Å². The van der Waals surface area contributed by atoms with E-state index in [1.807, 2.05) is 0 Å². The normalized spacial score (nSPS) is 8.40. The van der Waals surface area contributed by atoms with E-state index in [0.29, 0.717) is 0 Å². The van der Waals surface area contributed by atoms with Crippen molar-refractivity contribution in [2.45, 2.75) is 12.5 Å².